The fourth-order valence-electron chi connectivity index (χ4n) is 3.34. The van der Waals surface area contributed by atoms with Gasteiger partial charge in [0.25, 0.3) is 10.0 Å². The van der Waals surface area contributed by atoms with E-state index in [9.17, 15) is 12.8 Å². The first-order valence-corrected chi connectivity index (χ1v) is 9.73. The van der Waals surface area contributed by atoms with Crippen LogP contribution in [0.2, 0.25) is 0 Å². The number of fused-ring (bicyclic) bond motifs is 3. The minimum Gasteiger partial charge on any atom is -0.461 e. The Labute approximate surface area is 145 Å². The third-order valence-electron chi connectivity index (χ3n) is 4.67. The van der Waals surface area contributed by atoms with E-state index < -0.39 is 15.8 Å². The predicted octanol–water partition coefficient (Wildman–Crippen LogP) is 4.50. The van der Waals surface area contributed by atoms with Crippen LogP contribution in [0.5, 0.6) is 0 Å². The summed E-state index contributed by atoms with van der Waals surface area (Å²) in [4.78, 5) is 0.0250. The standard InChI is InChI=1S/C19H18FNO3S/c1-12-2-8-16-17-11-14(5-9-18(17)24-19(16)10-12)21-25(22,23)15-6-3-13(20)4-7-15/h3-7,9,11-12,21H,2,8,10H2,1H3/t12-/m0/s1. The van der Waals surface area contributed by atoms with Gasteiger partial charge in [-0.3, -0.25) is 4.72 Å². The van der Waals surface area contributed by atoms with Crippen LogP contribution in [0.3, 0.4) is 0 Å². The van der Waals surface area contributed by atoms with Gasteiger partial charge in [0.05, 0.1) is 4.90 Å². The zero-order valence-corrected chi connectivity index (χ0v) is 14.6. The predicted molar refractivity (Wildman–Crippen MR) is 94.6 cm³/mol. The van der Waals surface area contributed by atoms with Gasteiger partial charge in [-0.1, -0.05) is 6.92 Å². The van der Waals surface area contributed by atoms with Crippen molar-refractivity contribution in [3.63, 3.8) is 0 Å². The smallest absolute Gasteiger partial charge is 0.261 e. The van der Waals surface area contributed by atoms with Gasteiger partial charge in [0.2, 0.25) is 0 Å². The van der Waals surface area contributed by atoms with Gasteiger partial charge >= 0.3 is 0 Å². The molecule has 25 heavy (non-hydrogen) atoms. The summed E-state index contributed by atoms with van der Waals surface area (Å²) in [5, 5.41) is 0.959. The topological polar surface area (TPSA) is 59.3 Å². The Hall–Kier alpha value is -2.34. The van der Waals surface area contributed by atoms with Crippen molar-refractivity contribution in [2.45, 2.75) is 31.1 Å². The molecule has 0 radical (unpaired) electrons. The van der Waals surface area contributed by atoms with Gasteiger partial charge in [-0.05, 0) is 61.2 Å². The van der Waals surface area contributed by atoms with E-state index >= 15 is 0 Å². The average Bonchev–Trinajstić information content (AvgIpc) is 2.91. The Balaban J connectivity index is 1.69. The van der Waals surface area contributed by atoms with Crippen molar-refractivity contribution in [3.8, 4) is 0 Å². The number of sulfonamides is 1. The minimum atomic E-state index is -3.76. The van der Waals surface area contributed by atoms with Crippen LogP contribution < -0.4 is 4.72 Å². The summed E-state index contributed by atoms with van der Waals surface area (Å²) < 4.78 is 46.4. The molecule has 1 heterocycles. The minimum absolute atomic E-state index is 0.0250. The Kier molecular flexibility index (Phi) is 3.80. The third kappa shape index (κ3) is 3.02. The maximum Gasteiger partial charge on any atom is 0.261 e. The van der Waals surface area contributed by atoms with Gasteiger partial charge in [-0.25, -0.2) is 12.8 Å². The van der Waals surface area contributed by atoms with E-state index in [-0.39, 0.29) is 4.90 Å². The highest BCUT2D eigenvalue weighted by atomic mass is 32.2. The molecule has 0 aliphatic heterocycles. The van der Waals surface area contributed by atoms with Gasteiger partial charge < -0.3 is 4.42 Å². The zero-order chi connectivity index (χ0) is 17.6. The summed E-state index contributed by atoms with van der Waals surface area (Å²) in [5.74, 6) is 1.14. The lowest BCUT2D eigenvalue weighted by Crippen LogP contribution is -2.13. The summed E-state index contributed by atoms with van der Waals surface area (Å²) in [6.07, 6.45) is 2.96. The largest absolute Gasteiger partial charge is 0.461 e. The van der Waals surface area contributed by atoms with Crippen molar-refractivity contribution in [1.29, 1.82) is 0 Å². The third-order valence-corrected chi connectivity index (χ3v) is 6.07. The molecule has 6 heteroatoms. The van der Waals surface area contributed by atoms with Crippen LogP contribution in [0.25, 0.3) is 11.0 Å². The molecular weight excluding hydrogens is 341 g/mol. The number of anilines is 1. The maximum atomic E-state index is 13.0. The second-order valence-electron chi connectivity index (χ2n) is 6.62. The van der Waals surface area contributed by atoms with Crippen LogP contribution >= 0.6 is 0 Å². The Morgan fingerprint density at radius 3 is 2.68 bits per heavy atom. The second kappa shape index (κ2) is 5.88. The lowest BCUT2D eigenvalue weighted by molar-refractivity contribution is 0.426. The number of hydrogen-bond donors (Lipinski definition) is 1. The number of halogens is 1. The van der Waals surface area contributed by atoms with Crippen molar-refractivity contribution in [2.24, 2.45) is 5.92 Å². The normalized spacial score (nSPS) is 17.4. The first-order chi connectivity index (χ1) is 11.9. The SMILES string of the molecule is C[C@H]1CCc2c(oc3ccc(NS(=O)(=O)c4ccc(F)cc4)cc23)C1. The van der Waals surface area contributed by atoms with E-state index in [4.69, 9.17) is 4.42 Å². The van der Waals surface area contributed by atoms with Crippen molar-refractivity contribution in [1.82, 2.24) is 0 Å². The van der Waals surface area contributed by atoms with Crippen LogP contribution in [-0.4, -0.2) is 8.42 Å². The maximum absolute atomic E-state index is 13.0. The quantitative estimate of drug-likeness (QED) is 0.749. The highest BCUT2D eigenvalue weighted by Crippen LogP contribution is 2.35. The van der Waals surface area contributed by atoms with Crippen molar-refractivity contribution in [3.05, 3.63) is 59.6 Å². The number of hydrogen-bond acceptors (Lipinski definition) is 3. The molecular formula is C19H18FNO3S. The van der Waals surface area contributed by atoms with E-state index in [2.05, 4.69) is 11.6 Å². The first kappa shape index (κ1) is 16.1. The fraction of sp³-hybridized carbons (Fsp3) is 0.263. The molecule has 2 aromatic carbocycles. The van der Waals surface area contributed by atoms with E-state index in [0.717, 1.165) is 48.1 Å². The number of aryl methyl sites for hydroxylation is 1. The number of benzene rings is 2. The molecule has 0 saturated carbocycles. The van der Waals surface area contributed by atoms with Crippen LogP contribution in [0, 0.1) is 11.7 Å². The Morgan fingerprint density at radius 2 is 1.92 bits per heavy atom. The zero-order valence-electron chi connectivity index (χ0n) is 13.8. The molecule has 1 aliphatic carbocycles. The van der Waals surface area contributed by atoms with Crippen molar-refractivity contribution >= 4 is 26.7 Å². The molecule has 0 fully saturated rings. The molecule has 0 unspecified atom stereocenters. The molecule has 1 atom stereocenters. The monoisotopic (exact) mass is 359 g/mol. The van der Waals surface area contributed by atoms with Crippen molar-refractivity contribution < 1.29 is 17.2 Å². The molecule has 3 aromatic rings. The number of furan rings is 1. The van der Waals surface area contributed by atoms with E-state index in [1.807, 2.05) is 6.07 Å². The number of rotatable bonds is 3. The lowest BCUT2D eigenvalue weighted by Gasteiger charge is -2.16. The molecule has 0 bridgehead atoms. The molecule has 0 spiro atoms. The molecule has 1 aromatic heterocycles. The first-order valence-electron chi connectivity index (χ1n) is 8.25. The van der Waals surface area contributed by atoms with Crippen LogP contribution in [0.1, 0.15) is 24.7 Å². The van der Waals surface area contributed by atoms with Crippen molar-refractivity contribution in [2.75, 3.05) is 4.72 Å². The molecule has 4 nitrogen and oxygen atoms in total. The van der Waals surface area contributed by atoms with E-state index in [1.165, 1.54) is 17.7 Å². The Bertz CT molecular complexity index is 1040. The summed E-state index contributed by atoms with van der Waals surface area (Å²) in [6.45, 7) is 2.21. The van der Waals surface area contributed by atoms with Gasteiger partial charge in [-0.15, -0.1) is 0 Å². The average molecular weight is 359 g/mol. The Morgan fingerprint density at radius 1 is 1.16 bits per heavy atom. The second-order valence-corrected chi connectivity index (χ2v) is 8.30. The van der Waals surface area contributed by atoms with Gasteiger partial charge in [0.1, 0.15) is 17.2 Å². The van der Waals surface area contributed by atoms with E-state index in [0.29, 0.717) is 11.6 Å². The summed E-state index contributed by atoms with van der Waals surface area (Å²) in [5.41, 5.74) is 2.43. The van der Waals surface area contributed by atoms with E-state index in [1.54, 1.807) is 12.1 Å². The van der Waals surface area contributed by atoms with Crippen LogP contribution in [0.15, 0.2) is 51.8 Å². The summed E-state index contributed by atoms with van der Waals surface area (Å²) in [6, 6.07) is 10.0. The molecule has 0 amide bonds. The molecule has 130 valence electrons. The van der Waals surface area contributed by atoms with Crippen LogP contribution in [0.4, 0.5) is 10.1 Å². The highest BCUT2D eigenvalue weighted by molar-refractivity contribution is 7.92. The molecule has 0 saturated heterocycles. The molecule has 1 N–H and O–H groups in total. The van der Waals surface area contributed by atoms with Gasteiger partial charge in [0, 0.05) is 23.1 Å². The van der Waals surface area contributed by atoms with Gasteiger partial charge in [0.15, 0.2) is 0 Å². The molecule has 4 rings (SSSR count). The summed E-state index contributed by atoms with van der Waals surface area (Å²) >= 11 is 0. The lowest BCUT2D eigenvalue weighted by atomic mass is 9.88. The van der Waals surface area contributed by atoms with Gasteiger partial charge in [-0.2, -0.15) is 0 Å². The van der Waals surface area contributed by atoms with Crippen LogP contribution in [-0.2, 0) is 22.9 Å². The molecule has 1 aliphatic rings. The summed E-state index contributed by atoms with van der Waals surface area (Å²) in [7, 11) is -3.76. The fourth-order valence-corrected chi connectivity index (χ4v) is 4.39. The highest BCUT2D eigenvalue weighted by Gasteiger charge is 2.22. The number of nitrogens with one attached hydrogen (secondary N) is 1.